The molecule has 16 heavy (non-hydrogen) atoms. The molecule has 1 aromatic carbocycles. The zero-order valence-electron chi connectivity index (χ0n) is 8.56. The molecule has 0 saturated carbocycles. The smallest absolute Gasteiger partial charge is 0.318 e. The standard InChI is InChI=1S/C10H11F3N2O/c1-14-6-7-4-2-3-5-8(7)15-9(16)10(11,12)13/h2-5,14H,6H2,1H3,(H,15,16). The van der Waals surface area contributed by atoms with Crippen LogP contribution < -0.4 is 10.6 Å². The third kappa shape index (κ3) is 3.23. The maximum atomic E-state index is 12.0. The summed E-state index contributed by atoms with van der Waals surface area (Å²) in [6.07, 6.45) is -4.87. The molecule has 0 aliphatic heterocycles. The molecule has 0 fully saturated rings. The van der Waals surface area contributed by atoms with E-state index in [1.807, 2.05) is 5.32 Å². The van der Waals surface area contributed by atoms with E-state index in [9.17, 15) is 18.0 Å². The minimum atomic E-state index is -4.87. The van der Waals surface area contributed by atoms with Gasteiger partial charge in [-0.15, -0.1) is 0 Å². The van der Waals surface area contributed by atoms with Gasteiger partial charge in [-0.05, 0) is 18.7 Å². The fourth-order valence-electron chi connectivity index (χ4n) is 1.18. The Morgan fingerprint density at radius 1 is 1.31 bits per heavy atom. The highest BCUT2D eigenvalue weighted by Gasteiger charge is 2.38. The van der Waals surface area contributed by atoms with Crippen molar-refractivity contribution in [1.82, 2.24) is 5.32 Å². The Morgan fingerprint density at radius 3 is 2.50 bits per heavy atom. The first-order chi connectivity index (χ1) is 7.45. The average molecular weight is 232 g/mol. The van der Waals surface area contributed by atoms with Gasteiger partial charge in [0.25, 0.3) is 0 Å². The number of benzene rings is 1. The van der Waals surface area contributed by atoms with E-state index < -0.39 is 12.1 Å². The predicted molar refractivity (Wildman–Crippen MR) is 53.9 cm³/mol. The molecule has 0 bridgehead atoms. The number of nitrogens with one attached hydrogen (secondary N) is 2. The number of alkyl halides is 3. The molecule has 0 aliphatic carbocycles. The Labute approximate surface area is 90.6 Å². The molecule has 0 aromatic heterocycles. The molecule has 0 saturated heterocycles. The van der Waals surface area contributed by atoms with E-state index in [1.165, 1.54) is 6.07 Å². The number of amides is 1. The van der Waals surface area contributed by atoms with E-state index in [0.717, 1.165) is 0 Å². The highest BCUT2D eigenvalue weighted by Crippen LogP contribution is 2.20. The van der Waals surface area contributed by atoms with E-state index in [-0.39, 0.29) is 5.69 Å². The van der Waals surface area contributed by atoms with Crippen LogP contribution in [-0.4, -0.2) is 19.1 Å². The van der Waals surface area contributed by atoms with Crippen molar-refractivity contribution in [2.24, 2.45) is 0 Å². The summed E-state index contributed by atoms with van der Waals surface area (Å²) in [5, 5.41) is 4.64. The summed E-state index contributed by atoms with van der Waals surface area (Å²) in [4.78, 5) is 10.7. The van der Waals surface area contributed by atoms with Crippen molar-refractivity contribution in [3.63, 3.8) is 0 Å². The Morgan fingerprint density at radius 2 is 1.94 bits per heavy atom. The Kier molecular flexibility index (Phi) is 3.89. The van der Waals surface area contributed by atoms with Crippen LogP contribution in [0.5, 0.6) is 0 Å². The first kappa shape index (κ1) is 12.5. The third-order valence-corrected chi connectivity index (χ3v) is 1.89. The summed E-state index contributed by atoms with van der Waals surface area (Å²) in [7, 11) is 1.67. The van der Waals surface area contributed by atoms with Crippen molar-refractivity contribution < 1.29 is 18.0 Å². The minimum Gasteiger partial charge on any atom is -0.318 e. The van der Waals surface area contributed by atoms with Crippen LogP contribution in [0.3, 0.4) is 0 Å². The third-order valence-electron chi connectivity index (χ3n) is 1.89. The summed E-state index contributed by atoms with van der Waals surface area (Å²) in [5.41, 5.74) is 0.766. The number of hydrogen-bond acceptors (Lipinski definition) is 2. The lowest BCUT2D eigenvalue weighted by Gasteiger charge is -2.11. The van der Waals surface area contributed by atoms with Crippen molar-refractivity contribution in [3.05, 3.63) is 29.8 Å². The fraction of sp³-hybridized carbons (Fsp3) is 0.300. The van der Waals surface area contributed by atoms with Gasteiger partial charge >= 0.3 is 12.1 Å². The first-order valence-corrected chi connectivity index (χ1v) is 4.56. The molecule has 0 heterocycles. The molecular formula is C10H11F3N2O. The van der Waals surface area contributed by atoms with E-state index >= 15 is 0 Å². The lowest BCUT2D eigenvalue weighted by atomic mass is 10.1. The van der Waals surface area contributed by atoms with Gasteiger partial charge in [-0.3, -0.25) is 4.79 Å². The van der Waals surface area contributed by atoms with Crippen molar-refractivity contribution in [2.75, 3.05) is 12.4 Å². The van der Waals surface area contributed by atoms with Crippen molar-refractivity contribution in [1.29, 1.82) is 0 Å². The number of anilines is 1. The number of halogens is 3. The Balaban J connectivity index is 2.84. The fourth-order valence-corrected chi connectivity index (χ4v) is 1.18. The topological polar surface area (TPSA) is 41.1 Å². The van der Waals surface area contributed by atoms with E-state index in [1.54, 1.807) is 25.2 Å². The van der Waals surface area contributed by atoms with E-state index in [0.29, 0.717) is 12.1 Å². The van der Waals surface area contributed by atoms with Crippen LogP contribution in [0.15, 0.2) is 24.3 Å². The van der Waals surface area contributed by atoms with Gasteiger partial charge in [-0.1, -0.05) is 18.2 Å². The van der Waals surface area contributed by atoms with Crippen molar-refractivity contribution >= 4 is 11.6 Å². The molecule has 0 unspecified atom stereocenters. The molecule has 0 aliphatic rings. The minimum absolute atomic E-state index is 0.166. The highest BCUT2D eigenvalue weighted by atomic mass is 19.4. The van der Waals surface area contributed by atoms with Gasteiger partial charge < -0.3 is 10.6 Å². The molecule has 0 radical (unpaired) electrons. The van der Waals surface area contributed by atoms with E-state index in [4.69, 9.17) is 0 Å². The second-order valence-corrected chi connectivity index (χ2v) is 3.14. The van der Waals surface area contributed by atoms with Crippen LogP contribution in [-0.2, 0) is 11.3 Å². The van der Waals surface area contributed by atoms with Crippen LogP contribution in [0.2, 0.25) is 0 Å². The number of carbonyl (C=O) groups is 1. The van der Waals surface area contributed by atoms with Gasteiger partial charge in [-0.25, -0.2) is 0 Å². The summed E-state index contributed by atoms with van der Waals surface area (Å²) < 4.78 is 36.1. The summed E-state index contributed by atoms with van der Waals surface area (Å²) in [6, 6.07) is 6.32. The van der Waals surface area contributed by atoms with Crippen LogP contribution >= 0.6 is 0 Å². The number of carbonyl (C=O) groups excluding carboxylic acids is 1. The normalized spacial score (nSPS) is 11.2. The monoisotopic (exact) mass is 232 g/mol. The van der Waals surface area contributed by atoms with Gasteiger partial charge in [-0.2, -0.15) is 13.2 Å². The maximum absolute atomic E-state index is 12.0. The lowest BCUT2D eigenvalue weighted by Crippen LogP contribution is -2.30. The molecule has 0 atom stereocenters. The summed E-state index contributed by atoms with van der Waals surface area (Å²) in [6.45, 7) is 0.383. The quantitative estimate of drug-likeness (QED) is 0.835. The molecule has 1 aromatic rings. The van der Waals surface area contributed by atoms with Crippen LogP contribution in [0, 0.1) is 0 Å². The second kappa shape index (κ2) is 4.98. The van der Waals surface area contributed by atoms with Crippen LogP contribution in [0.1, 0.15) is 5.56 Å². The predicted octanol–water partition coefficient (Wildman–Crippen LogP) is 1.91. The zero-order chi connectivity index (χ0) is 12.2. The number of hydrogen-bond donors (Lipinski definition) is 2. The molecule has 88 valence electrons. The molecule has 2 N–H and O–H groups in total. The molecular weight excluding hydrogens is 221 g/mol. The zero-order valence-corrected chi connectivity index (χ0v) is 8.56. The molecule has 6 heteroatoms. The van der Waals surface area contributed by atoms with Gasteiger partial charge in [0.2, 0.25) is 0 Å². The second-order valence-electron chi connectivity index (χ2n) is 3.14. The number of para-hydroxylation sites is 1. The van der Waals surface area contributed by atoms with Crippen LogP contribution in [0.25, 0.3) is 0 Å². The molecule has 1 rings (SSSR count). The summed E-state index contributed by atoms with van der Waals surface area (Å²) in [5.74, 6) is -1.96. The summed E-state index contributed by atoms with van der Waals surface area (Å²) >= 11 is 0. The van der Waals surface area contributed by atoms with Gasteiger partial charge in [0.05, 0.1) is 0 Å². The Bertz CT molecular complexity index is 377. The molecule has 1 amide bonds. The first-order valence-electron chi connectivity index (χ1n) is 4.56. The Hall–Kier alpha value is -1.56. The molecule has 3 nitrogen and oxygen atoms in total. The number of rotatable bonds is 3. The average Bonchev–Trinajstić information content (AvgIpc) is 2.20. The van der Waals surface area contributed by atoms with Gasteiger partial charge in [0, 0.05) is 12.2 Å². The van der Waals surface area contributed by atoms with Crippen LogP contribution in [0.4, 0.5) is 18.9 Å². The van der Waals surface area contributed by atoms with E-state index in [2.05, 4.69) is 5.32 Å². The van der Waals surface area contributed by atoms with Gasteiger partial charge in [0.1, 0.15) is 0 Å². The maximum Gasteiger partial charge on any atom is 0.471 e. The molecule has 0 spiro atoms. The highest BCUT2D eigenvalue weighted by molar-refractivity contribution is 5.95. The largest absolute Gasteiger partial charge is 0.471 e. The SMILES string of the molecule is CNCc1ccccc1NC(=O)C(F)(F)F. The van der Waals surface area contributed by atoms with Gasteiger partial charge in [0.15, 0.2) is 0 Å². The lowest BCUT2D eigenvalue weighted by molar-refractivity contribution is -0.167. The van der Waals surface area contributed by atoms with Crippen molar-refractivity contribution in [3.8, 4) is 0 Å². The van der Waals surface area contributed by atoms with Crippen molar-refractivity contribution in [2.45, 2.75) is 12.7 Å².